The van der Waals surface area contributed by atoms with Gasteiger partial charge in [0.25, 0.3) is 0 Å². The monoisotopic (exact) mass is 406 g/mol. The molecule has 2 aromatic heterocycles. The summed E-state index contributed by atoms with van der Waals surface area (Å²) in [5.41, 5.74) is 2.47. The minimum Gasteiger partial charge on any atom is -0.507 e. The van der Waals surface area contributed by atoms with Crippen molar-refractivity contribution in [1.82, 2.24) is 29.9 Å². The lowest BCUT2D eigenvalue weighted by Crippen LogP contribution is -2.34. The Bertz CT molecular complexity index is 1080. The number of alkyl halides is 1. The van der Waals surface area contributed by atoms with Crippen LogP contribution < -0.4 is 0 Å². The lowest BCUT2D eigenvalue weighted by molar-refractivity contribution is 0.0950. The van der Waals surface area contributed by atoms with E-state index in [9.17, 15) is 5.11 Å². The minimum atomic E-state index is -0.898. The molecule has 0 spiro atoms. The number of hydrogen-bond donors (Lipinski definition) is 1. The first kappa shape index (κ1) is 18.8. The Hall–Kier alpha value is -3.16. The number of halogens is 1. The molecule has 2 heterocycles. The first-order valence-electron chi connectivity index (χ1n) is 10.1. The third-order valence-corrected chi connectivity index (χ3v) is 6.69. The maximum Gasteiger partial charge on any atom is 0.177 e. The van der Waals surface area contributed by atoms with Crippen molar-refractivity contribution in [1.29, 1.82) is 0 Å². The Morgan fingerprint density at radius 2 is 2.03 bits per heavy atom. The SMILES string of the molecule is C=C(c1ncc(-c2ccc(-n3cnnc3)cc2O)nn1)[C@H]1C[C@]2(C)CC[C@@H](C2)[C@H]1F. The van der Waals surface area contributed by atoms with Gasteiger partial charge in [0, 0.05) is 17.5 Å². The number of aromatic hydroxyl groups is 1. The Kier molecular flexibility index (Phi) is 4.38. The molecule has 2 saturated carbocycles. The largest absolute Gasteiger partial charge is 0.507 e. The Morgan fingerprint density at radius 1 is 1.23 bits per heavy atom. The molecule has 5 rings (SSSR count). The average Bonchev–Trinajstić information content (AvgIpc) is 3.39. The molecule has 0 radical (unpaired) electrons. The van der Waals surface area contributed by atoms with Gasteiger partial charge >= 0.3 is 0 Å². The van der Waals surface area contributed by atoms with Gasteiger partial charge < -0.3 is 5.11 Å². The second kappa shape index (κ2) is 6.97. The van der Waals surface area contributed by atoms with Gasteiger partial charge in [-0.15, -0.1) is 20.4 Å². The first-order valence-corrected chi connectivity index (χ1v) is 10.1. The maximum atomic E-state index is 15.0. The number of allylic oxidation sites excluding steroid dienone is 1. The van der Waals surface area contributed by atoms with Crippen LogP contribution in [0.2, 0.25) is 0 Å². The zero-order valence-electron chi connectivity index (χ0n) is 16.7. The number of benzene rings is 1. The molecule has 3 aromatic rings. The molecule has 1 N–H and O–H groups in total. The van der Waals surface area contributed by atoms with E-state index in [1.165, 1.54) is 0 Å². The number of nitrogens with zero attached hydrogens (tertiary/aromatic N) is 6. The van der Waals surface area contributed by atoms with E-state index in [-0.39, 0.29) is 23.0 Å². The van der Waals surface area contributed by atoms with Crippen molar-refractivity contribution in [3.63, 3.8) is 0 Å². The van der Waals surface area contributed by atoms with Crippen LogP contribution >= 0.6 is 0 Å². The summed E-state index contributed by atoms with van der Waals surface area (Å²) in [5, 5.41) is 26.4. The van der Waals surface area contributed by atoms with Crippen LogP contribution in [0.5, 0.6) is 5.75 Å². The molecule has 7 nitrogen and oxygen atoms in total. The fraction of sp³-hybridized carbons (Fsp3) is 0.409. The summed E-state index contributed by atoms with van der Waals surface area (Å²) in [4.78, 5) is 4.40. The minimum absolute atomic E-state index is 0.0458. The van der Waals surface area contributed by atoms with Crippen molar-refractivity contribution in [3.05, 3.63) is 49.5 Å². The van der Waals surface area contributed by atoms with E-state index in [0.717, 1.165) is 31.4 Å². The molecular weight excluding hydrogens is 383 g/mol. The van der Waals surface area contributed by atoms with E-state index in [4.69, 9.17) is 0 Å². The van der Waals surface area contributed by atoms with Crippen molar-refractivity contribution in [2.45, 2.75) is 38.8 Å². The average molecular weight is 406 g/mol. The molecule has 2 bridgehead atoms. The number of hydrogen-bond acceptors (Lipinski definition) is 6. The summed E-state index contributed by atoms with van der Waals surface area (Å²) in [7, 11) is 0. The standard InChI is InChI=1S/C22H23FN6O/c1-13(17-9-22(2)6-5-14(8-22)20(17)23)21-24-10-18(27-28-21)16-4-3-15(7-19(16)30)29-11-25-26-12-29/h3-4,7,10-12,14,17,20,30H,1,5-6,8-9H2,2H3/t14-,17+,20+,22+/m0/s1. The molecular formula is C22H23FN6O. The fourth-order valence-corrected chi connectivity index (χ4v) is 5.06. The van der Waals surface area contributed by atoms with Gasteiger partial charge in [0.05, 0.1) is 11.9 Å². The smallest absolute Gasteiger partial charge is 0.177 e. The molecule has 154 valence electrons. The van der Waals surface area contributed by atoms with Crippen molar-refractivity contribution >= 4 is 5.57 Å². The summed E-state index contributed by atoms with van der Waals surface area (Å²) in [5.74, 6) is 0.264. The third kappa shape index (κ3) is 3.16. The summed E-state index contributed by atoms with van der Waals surface area (Å²) in [6.07, 6.45) is 7.51. The van der Waals surface area contributed by atoms with Crippen molar-refractivity contribution in [2.75, 3.05) is 0 Å². The number of aromatic nitrogens is 6. The van der Waals surface area contributed by atoms with Crippen molar-refractivity contribution < 1.29 is 9.50 Å². The van der Waals surface area contributed by atoms with Crippen LogP contribution in [0.3, 0.4) is 0 Å². The summed E-state index contributed by atoms with van der Waals surface area (Å²) < 4.78 is 16.7. The highest BCUT2D eigenvalue weighted by atomic mass is 19.1. The normalized spacial score (nSPS) is 27.9. The van der Waals surface area contributed by atoms with Crippen LogP contribution in [0.15, 0.2) is 43.6 Å². The van der Waals surface area contributed by atoms with Crippen molar-refractivity contribution in [2.24, 2.45) is 17.3 Å². The highest BCUT2D eigenvalue weighted by Gasteiger charge is 2.49. The van der Waals surface area contributed by atoms with E-state index in [2.05, 4.69) is 38.9 Å². The molecule has 2 aliphatic carbocycles. The molecule has 1 aromatic carbocycles. The van der Waals surface area contributed by atoms with Crippen LogP contribution in [0.1, 0.15) is 38.4 Å². The molecule has 0 unspecified atom stereocenters. The summed E-state index contributed by atoms with van der Waals surface area (Å²) in [6.45, 7) is 6.36. The molecule has 2 fully saturated rings. The van der Waals surface area contributed by atoms with Gasteiger partial charge in [-0.05, 0) is 54.7 Å². The number of fused-ring (bicyclic) bond motifs is 2. The van der Waals surface area contributed by atoms with E-state index in [0.29, 0.717) is 22.7 Å². The van der Waals surface area contributed by atoms with Gasteiger partial charge in [-0.2, -0.15) is 0 Å². The summed E-state index contributed by atoms with van der Waals surface area (Å²) >= 11 is 0. The molecule has 8 heteroatoms. The number of rotatable bonds is 4. The van der Waals surface area contributed by atoms with Gasteiger partial charge in [0.2, 0.25) is 0 Å². The highest BCUT2D eigenvalue weighted by molar-refractivity contribution is 5.68. The fourth-order valence-electron chi connectivity index (χ4n) is 5.06. The van der Waals surface area contributed by atoms with Gasteiger partial charge in [0.1, 0.15) is 30.3 Å². The zero-order chi connectivity index (χ0) is 20.9. The Morgan fingerprint density at radius 3 is 2.73 bits per heavy atom. The topological polar surface area (TPSA) is 89.6 Å². The summed E-state index contributed by atoms with van der Waals surface area (Å²) in [6, 6.07) is 5.15. The third-order valence-electron chi connectivity index (χ3n) is 6.69. The zero-order valence-corrected chi connectivity index (χ0v) is 16.7. The lowest BCUT2D eigenvalue weighted by atomic mass is 9.69. The highest BCUT2D eigenvalue weighted by Crippen LogP contribution is 2.56. The second-order valence-corrected chi connectivity index (χ2v) is 8.83. The Labute approximate surface area is 173 Å². The van der Waals surface area contributed by atoms with Gasteiger partial charge in [-0.1, -0.05) is 13.5 Å². The lowest BCUT2D eigenvalue weighted by Gasteiger charge is -2.38. The predicted molar refractivity (Wildman–Crippen MR) is 109 cm³/mol. The van der Waals surface area contributed by atoms with E-state index in [1.807, 2.05) is 6.07 Å². The molecule has 2 aliphatic rings. The first-order chi connectivity index (χ1) is 14.4. The van der Waals surface area contributed by atoms with Gasteiger partial charge in [0.15, 0.2) is 5.82 Å². The van der Waals surface area contributed by atoms with Crippen LogP contribution in [0, 0.1) is 17.3 Å². The molecule has 0 amide bonds. The molecule has 4 atom stereocenters. The van der Waals surface area contributed by atoms with Gasteiger partial charge in [-0.25, -0.2) is 9.37 Å². The van der Waals surface area contributed by atoms with Crippen LogP contribution in [-0.4, -0.2) is 41.2 Å². The quantitative estimate of drug-likeness (QED) is 0.704. The molecule has 0 saturated heterocycles. The van der Waals surface area contributed by atoms with Gasteiger partial charge in [-0.3, -0.25) is 4.57 Å². The van der Waals surface area contributed by atoms with E-state index < -0.39 is 6.17 Å². The number of phenolic OH excluding ortho intramolecular Hbond substituents is 1. The van der Waals surface area contributed by atoms with E-state index in [1.54, 1.807) is 35.6 Å². The van der Waals surface area contributed by atoms with Crippen LogP contribution in [0.25, 0.3) is 22.5 Å². The Balaban J connectivity index is 1.38. The number of phenols is 1. The predicted octanol–water partition coefficient (Wildman–Crippen LogP) is 4.00. The second-order valence-electron chi connectivity index (χ2n) is 8.83. The van der Waals surface area contributed by atoms with E-state index >= 15 is 4.39 Å². The molecule has 30 heavy (non-hydrogen) atoms. The maximum absolute atomic E-state index is 15.0. The molecule has 0 aliphatic heterocycles. The van der Waals surface area contributed by atoms with Crippen LogP contribution in [0.4, 0.5) is 4.39 Å². The van der Waals surface area contributed by atoms with Crippen LogP contribution in [-0.2, 0) is 0 Å². The van der Waals surface area contributed by atoms with Crippen molar-refractivity contribution in [3.8, 4) is 22.7 Å².